The van der Waals surface area contributed by atoms with Crippen molar-refractivity contribution in [2.24, 2.45) is 5.41 Å². The summed E-state index contributed by atoms with van der Waals surface area (Å²) in [6.45, 7) is 6.48. The lowest BCUT2D eigenvalue weighted by Crippen LogP contribution is -2.35. The van der Waals surface area contributed by atoms with Gasteiger partial charge in [0.2, 0.25) is 5.91 Å². The Kier molecular flexibility index (Phi) is 6.50. The number of nitrogens with one attached hydrogen (secondary N) is 3. The van der Waals surface area contributed by atoms with Crippen LogP contribution in [0.1, 0.15) is 27.2 Å². The Labute approximate surface area is 103 Å². The van der Waals surface area contributed by atoms with Crippen LogP contribution in [0.4, 0.5) is 0 Å². The average Bonchev–Trinajstić information content (AvgIpc) is 2.23. The van der Waals surface area contributed by atoms with Crippen LogP contribution in [0, 0.1) is 5.41 Å². The SMILES string of the molecule is CNCC(C)(C)CC(=O)N/C(C=O)=C(\C)NC. The van der Waals surface area contributed by atoms with Crippen LogP contribution >= 0.6 is 0 Å². The number of allylic oxidation sites excluding steroid dienone is 2. The van der Waals surface area contributed by atoms with Gasteiger partial charge in [-0.05, 0) is 19.4 Å². The number of hydrogen-bond acceptors (Lipinski definition) is 4. The van der Waals surface area contributed by atoms with Gasteiger partial charge in [-0.25, -0.2) is 0 Å². The van der Waals surface area contributed by atoms with Crippen molar-refractivity contribution in [1.82, 2.24) is 16.0 Å². The number of aldehydes is 1. The molecule has 0 aliphatic carbocycles. The van der Waals surface area contributed by atoms with Crippen molar-refractivity contribution in [2.75, 3.05) is 20.6 Å². The molecule has 0 unspecified atom stereocenters. The molecule has 0 aromatic rings. The molecule has 0 spiro atoms. The Hall–Kier alpha value is -1.36. The maximum atomic E-state index is 11.8. The van der Waals surface area contributed by atoms with Crippen molar-refractivity contribution in [3.63, 3.8) is 0 Å². The van der Waals surface area contributed by atoms with Crippen molar-refractivity contribution >= 4 is 12.2 Å². The minimum absolute atomic E-state index is 0.139. The molecule has 0 aromatic carbocycles. The van der Waals surface area contributed by atoms with Crippen LogP contribution in [0.25, 0.3) is 0 Å². The molecule has 3 N–H and O–H groups in total. The number of carbonyl (C=O) groups excluding carboxylic acids is 2. The second-order valence-corrected chi connectivity index (χ2v) is 4.83. The lowest BCUT2D eigenvalue weighted by molar-refractivity contribution is -0.123. The first kappa shape index (κ1) is 15.6. The number of amides is 1. The summed E-state index contributed by atoms with van der Waals surface area (Å²) in [5.74, 6) is -0.151. The number of hydrogen-bond donors (Lipinski definition) is 3. The number of rotatable bonds is 7. The maximum Gasteiger partial charge on any atom is 0.225 e. The molecule has 0 heterocycles. The number of carbonyl (C=O) groups is 2. The molecule has 0 aliphatic heterocycles. The first-order chi connectivity index (χ1) is 7.86. The molecule has 0 saturated heterocycles. The van der Waals surface area contributed by atoms with E-state index >= 15 is 0 Å². The summed E-state index contributed by atoms with van der Waals surface area (Å²) in [6.07, 6.45) is 1.01. The smallest absolute Gasteiger partial charge is 0.225 e. The van der Waals surface area contributed by atoms with Gasteiger partial charge in [0.15, 0.2) is 6.29 Å². The maximum absolute atomic E-state index is 11.8. The molecule has 5 nitrogen and oxygen atoms in total. The highest BCUT2D eigenvalue weighted by Crippen LogP contribution is 2.18. The average molecular weight is 241 g/mol. The summed E-state index contributed by atoms with van der Waals surface area (Å²) in [5, 5.41) is 8.49. The lowest BCUT2D eigenvalue weighted by Gasteiger charge is -2.23. The summed E-state index contributed by atoms with van der Waals surface area (Å²) in [5.41, 5.74) is 0.804. The Balaban J connectivity index is 4.50. The van der Waals surface area contributed by atoms with Gasteiger partial charge in [-0.15, -0.1) is 0 Å². The van der Waals surface area contributed by atoms with Gasteiger partial charge in [0.05, 0.1) is 5.70 Å². The van der Waals surface area contributed by atoms with Crippen LogP contribution in [0.15, 0.2) is 11.4 Å². The van der Waals surface area contributed by atoms with Crippen molar-refractivity contribution in [3.05, 3.63) is 11.4 Å². The van der Waals surface area contributed by atoms with E-state index in [-0.39, 0.29) is 17.0 Å². The van der Waals surface area contributed by atoms with Gasteiger partial charge < -0.3 is 16.0 Å². The third-order valence-electron chi connectivity index (χ3n) is 2.47. The van der Waals surface area contributed by atoms with E-state index in [9.17, 15) is 9.59 Å². The van der Waals surface area contributed by atoms with E-state index in [2.05, 4.69) is 16.0 Å². The summed E-state index contributed by atoms with van der Waals surface area (Å²) in [4.78, 5) is 22.6. The van der Waals surface area contributed by atoms with Crippen molar-refractivity contribution < 1.29 is 9.59 Å². The molecule has 98 valence electrons. The zero-order valence-corrected chi connectivity index (χ0v) is 11.3. The Bertz CT molecular complexity index is 309. The molecule has 0 bridgehead atoms. The predicted molar refractivity (Wildman–Crippen MR) is 68.3 cm³/mol. The molecule has 0 aliphatic rings. The predicted octanol–water partition coefficient (Wildman–Crippen LogP) is 0.388. The van der Waals surface area contributed by atoms with Gasteiger partial charge in [-0.2, -0.15) is 0 Å². The molecule has 0 saturated carbocycles. The van der Waals surface area contributed by atoms with Gasteiger partial charge >= 0.3 is 0 Å². The van der Waals surface area contributed by atoms with Gasteiger partial charge in [-0.3, -0.25) is 9.59 Å². The molecule has 0 rings (SSSR count). The zero-order chi connectivity index (χ0) is 13.5. The van der Waals surface area contributed by atoms with Crippen molar-refractivity contribution in [2.45, 2.75) is 27.2 Å². The van der Waals surface area contributed by atoms with Crippen LogP contribution in [-0.2, 0) is 9.59 Å². The standard InChI is InChI=1S/C12H23N3O2/c1-9(14-5)10(7-16)15-11(17)6-12(2,3)8-13-4/h7,13-14H,6,8H2,1-5H3,(H,15,17)/b10-9+. The van der Waals surface area contributed by atoms with Gasteiger partial charge in [0, 0.05) is 25.7 Å². The Morgan fingerprint density at radius 1 is 1.29 bits per heavy atom. The third-order valence-corrected chi connectivity index (χ3v) is 2.47. The van der Waals surface area contributed by atoms with Gasteiger partial charge in [-0.1, -0.05) is 13.8 Å². The fourth-order valence-corrected chi connectivity index (χ4v) is 1.52. The van der Waals surface area contributed by atoms with Crippen LogP contribution in [0.5, 0.6) is 0 Å². The minimum atomic E-state index is -0.151. The minimum Gasteiger partial charge on any atom is -0.390 e. The van der Waals surface area contributed by atoms with E-state index < -0.39 is 0 Å². The van der Waals surface area contributed by atoms with E-state index in [4.69, 9.17) is 0 Å². The lowest BCUT2D eigenvalue weighted by atomic mass is 9.89. The van der Waals surface area contributed by atoms with E-state index in [0.29, 0.717) is 18.4 Å². The summed E-state index contributed by atoms with van der Waals surface area (Å²) >= 11 is 0. The largest absolute Gasteiger partial charge is 0.390 e. The van der Waals surface area contributed by atoms with Gasteiger partial charge in [0.1, 0.15) is 0 Å². The summed E-state index contributed by atoms with van der Waals surface area (Å²) in [7, 11) is 3.55. The van der Waals surface area contributed by atoms with Crippen LogP contribution in [0.2, 0.25) is 0 Å². The second-order valence-electron chi connectivity index (χ2n) is 4.83. The highest BCUT2D eigenvalue weighted by atomic mass is 16.2. The van der Waals surface area contributed by atoms with Crippen LogP contribution in [-0.4, -0.2) is 32.8 Å². The molecule has 0 radical (unpaired) electrons. The van der Waals surface area contributed by atoms with Crippen molar-refractivity contribution in [3.8, 4) is 0 Å². The Morgan fingerprint density at radius 2 is 1.88 bits per heavy atom. The van der Waals surface area contributed by atoms with Gasteiger partial charge in [0.25, 0.3) is 0 Å². The third kappa shape index (κ3) is 6.06. The van der Waals surface area contributed by atoms with Crippen LogP contribution < -0.4 is 16.0 Å². The quantitative estimate of drug-likeness (QED) is 0.445. The fraction of sp³-hybridized carbons (Fsp3) is 0.667. The zero-order valence-electron chi connectivity index (χ0n) is 11.3. The molecule has 0 fully saturated rings. The van der Waals surface area contributed by atoms with E-state index in [1.807, 2.05) is 20.9 Å². The molecular formula is C12H23N3O2. The van der Waals surface area contributed by atoms with Crippen molar-refractivity contribution in [1.29, 1.82) is 0 Å². The molecule has 1 amide bonds. The highest BCUT2D eigenvalue weighted by molar-refractivity contribution is 5.86. The van der Waals surface area contributed by atoms with E-state index in [1.165, 1.54) is 0 Å². The summed E-state index contributed by atoms with van der Waals surface area (Å²) < 4.78 is 0. The molecule has 5 heteroatoms. The normalized spacial score (nSPS) is 12.8. The topological polar surface area (TPSA) is 70.2 Å². The molecular weight excluding hydrogens is 218 g/mol. The molecule has 17 heavy (non-hydrogen) atoms. The summed E-state index contributed by atoms with van der Waals surface area (Å²) in [6, 6.07) is 0. The highest BCUT2D eigenvalue weighted by Gasteiger charge is 2.21. The molecule has 0 aromatic heterocycles. The Morgan fingerprint density at radius 3 is 2.29 bits per heavy atom. The van der Waals surface area contributed by atoms with E-state index in [1.54, 1.807) is 14.0 Å². The first-order valence-electron chi connectivity index (χ1n) is 5.64. The monoisotopic (exact) mass is 241 g/mol. The van der Waals surface area contributed by atoms with Crippen LogP contribution in [0.3, 0.4) is 0 Å². The second kappa shape index (κ2) is 7.06. The fourth-order valence-electron chi connectivity index (χ4n) is 1.52. The molecule has 0 atom stereocenters. The van der Waals surface area contributed by atoms with E-state index in [0.717, 1.165) is 6.54 Å². The first-order valence-corrected chi connectivity index (χ1v) is 5.64.